The van der Waals surface area contributed by atoms with Crippen LogP contribution in [0.15, 0.2) is 48.5 Å². The highest BCUT2D eigenvalue weighted by atomic mass is 35.5. The van der Waals surface area contributed by atoms with Crippen LogP contribution in [-0.4, -0.2) is 39.2 Å². The molecule has 0 aliphatic carbocycles. The molecule has 2 rings (SSSR count). The molecule has 7 heteroatoms. The number of carbonyl (C=O) groups is 2. The zero-order valence-corrected chi connectivity index (χ0v) is 16.7. The fourth-order valence-electron chi connectivity index (χ4n) is 2.57. The maximum Gasteiger partial charge on any atom is 0.331 e. The van der Waals surface area contributed by atoms with Crippen molar-refractivity contribution in [3.05, 3.63) is 59.1 Å². The summed E-state index contributed by atoms with van der Waals surface area (Å²) in [7, 11) is 2.98. The van der Waals surface area contributed by atoms with Crippen molar-refractivity contribution in [2.45, 2.75) is 6.92 Å². The van der Waals surface area contributed by atoms with Gasteiger partial charge in [-0.05, 0) is 42.8 Å². The standard InChI is InChI=1S/C21H22ClNO5/c1-4-23(16-8-6-5-7-9-16)19(24)14-28-20(25)11-10-15-12-17(22)21(27-3)18(13-15)26-2/h5-13H,4,14H2,1-3H3/b11-10+. The summed E-state index contributed by atoms with van der Waals surface area (Å²) in [5, 5.41) is 0.353. The van der Waals surface area contributed by atoms with Crippen LogP contribution in [0.4, 0.5) is 5.69 Å². The Morgan fingerprint density at radius 2 is 1.82 bits per heavy atom. The van der Waals surface area contributed by atoms with Gasteiger partial charge in [0.1, 0.15) is 0 Å². The van der Waals surface area contributed by atoms with Gasteiger partial charge in [0.2, 0.25) is 0 Å². The average molecular weight is 404 g/mol. The predicted molar refractivity (Wildman–Crippen MR) is 109 cm³/mol. The van der Waals surface area contributed by atoms with Crippen LogP contribution in [0.2, 0.25) is 5.02 Å². The maximum atomic E-state index is 12.3. The highest BCUT2D eigenvalue weighted by molar-refractivity contribution is 6.32. The smallest absolute Gasteiger partial charge is 0.331 e. The third-order valence-corrected chi connectivity index (χ3v) is 4.17. The van der Waals surface area contributed by atoms with E-state index in [1.165, 1.54) is 26.4 Å². The van der Waals surface area contributed by atoms with Crippen molar-refractivity contribution >= 4 is 35.2 Å². The Kier molecular flexibility index (Phi) is 7.89. The number of anilines is 1. The molecular formula is C21H22ClNO5. The molecule has 0 heterocycles. The number of esters is 1. The Hall–Kier alpha value is -2.99. The van der Waals surface area contributed by atoms with Crippen LogP contribution < -0.4 is 14.4 Å². The molecule has 148 valence electrons. The molecule has 28 heavy (non-hydrogen) atoms. The number of rotatable bonds is 8. The quantitative estimate of drug-likeness (QED) is 0.493. The van der Waals surface area contributed by atoms with Crippen LogP contribution in [0, 0.1) is 0 Å². The van der Waals surface area contributed by atoms with Gasteiger partial charge in [0.25, 0.3) is 5.91 Å². The summed E-state index contributed by atoms with van der Waals surface area (Å²) < 4.78 is 15.4. The number of nitrogens with zero attached hydrogens (tertiary/aromatic N) is 1. The van der Waals surface area contributed by atoms with Gasteiger partial charge in [-0.1, -0.05) is 29.8 Å². The lowest BCUT2D eigenvalue weighted by Crippen LogP contribution is -2.34. The number of ether oxygens (including phenoxy) is 3. The molecule has 1 amide bonds. The first-order valence-electron chi connectivity index (χ1n) is 8.61. The van der Waals surface area contributed by atoms with Crippen molar-refractivity contribution in [1.82, 2.24) is 0 Å². The second-order valence-electron chi connectivity index (χ2n) is 5.65. The zero-order valence-electron chi connectivity index (χ0n) is 16.0. The van der Waals surface area contributed by atoms with E-state index >= 15 is 0 Å². The van der Waals surface area contributed by atoms with Crippen LogP contribution in [0.1, 0.15) is 12.5 Å². The van der Waals surface area contributed by atoms with Crippen molar-refractivity contribution in [1.29, 1.82) is 0 Å². The molecule has 0 aliphatic rings. The van der Waals surface area contributed by atoms with Gasteiger partial charge >= 0.3 is 5.97 Å². The fourth-order valence-corrected chi connectivity index (χ4v) is 2.86. The fraction of sp³-hybridized carbons (Fsp3) is 0.238. The van der Waals surface area contributed by atoms with E-state index < -0.39 is 5.97 Å². The summed E-state index contributed by atoms with van der Waals surface area (Å²) in [5.41, 5.74) is 1.38. The molecule has 2 aromatic rings. The largest absolute Gasteiger partial charge is 0.493 e. The van der Waals surface area contributed by atoms with Crippen molar-refractivity contribution in [3.63, 3.8) is 0 Å². The van der Waals surface area contributed by atoms with Gasteiger partial charge in [0.15, 0.2) is 18.1 Å². The van der Waals surface area contributed by atoms with Gasteiger partial charge in [-0.2, -0.15) is 0 Å². The van der Waals surface area contributed by atoms with Gasteiger partial charge in [-0.25, -0.2) is 4.79 Å². The zero-order chi connectivity index (χ0) is 20.5. The molecule has 0 radical (unpaired) electrons. The lowest BCUT2D eigenvalue weighted by atomic mass is 10.2. The Morgan fingerprint density at radius 1 is 1.11 bits per heavy atom. The Labute approximate surface area is 169 Å². The van der Waals surface area contributed by atoms with Gasteiger partial charge < -0.3 is 19.1 Å². The molecule has 6 nitrogen and oxygen atoms in total. The molecule has 0 saturated carbocycles. The normalized spacial score (nSPS) is 10.6. The van der Waals surface area contributed by atoms with E-state index in [9.17, 15) is 9.59 Å². The van der Waals surface area contributed by atoms with E-state index in [4.69, 9.17) is 25.8 Å². The van der Waals surface area contributed by atoms with E-state index in [2.05, 4.69) is 0 Å². The van der Waals surface area contributed by atoms with Crippen molar-refractivity contribution in [3.8, 4) is 11.5 Å². The number of amides is 1. The second-order valence-corrected chi connectivity index (χ2v) is 6.06. The van der Waals surface area contributed by atoms with Crippen LogP contribution in [-0.2, 0) is 14.3 Å². The molecule has 0 saturated heterocycles. The number of para-hydroxylation sites is 1. The predicted octanol–water partition coefficient (Wildman–Crippen LogP) is 3.97. The molecule has 0 atom stereocenters. The van der Waals surface area contributed by atoms with Crippen molar-refractivity contribution < 1.29 is 23.8 Å². The molecule has 0 N–H and O–H groups in total. The lowest BCUT2D eigenvalue weighted by Gasteiger charge is -2.20. The Morgan fingerprint density at radius 3 is 2.43 bits per heavy atom. The number of likely N-dealkylation sites (N-methyl/N-ethyl adjacent to an activating group) is 1. The Bertz CT molecular complexity index is 851. The minimum Gasteiger partial charge on any atom is -0.493 e. The van der Waals surface area contributed by atoms with Gasteiger partial charge in [0.05, 0.1) is 19.2 Å². The van der Waals surface area contributed by atoms with E-state index in [-0.39, 0.29) is 12.5 Å². The van der Waals surface area contributed by atoms with Crippen molar-refractivity contribution in [2.24, 2.45) is 0 Å². The summed E-state index contributed by atoms with van der Waals surface area (Å²) in [6, 6.07) is 12.5. The highest BCUT2D eigenvalue weighted by Crippen LogP contribution is 2.36. The number of carbonyl (C=O) groups excluding carboxylic acids is 2. The number of benzene rings is 2. The molecule has 0 aliphatic heterocycles. The summed E-state index contributed by atoms with van der Waals surface area (Å²) >= 11 is 6.14. The number of hydrogen-bond acceptors (Lipinski definition) is 5. The molecule has 2 aromatic carbocycles. The monoisotopic (exact) mass is 403 g/mol. The number of hydrogen-bond donors (Lipinski definition) is 0. The van der Waals surface area contributed by atoms with Crippen LogP contribution in [0.25, 0.3) is 6.08 Å². The topological polar surface area (TPSA) is 65.1 Å². The van der Waals surface area contributed by atoms with Gasteiger partial charge in [-0.15, -0.1) is 0 Å². The second kappa shape index (κ2) is 10.4. The molecular weight excluding hydrogens is 382 g/mol. The van der Waals surface area contributed by atoms with E-state index in [1.54, 1.807) is 17.0 Å². The summed E-state index contributed by atoms with van der Waals surface area (Å²) in [6.07, 6.45) is 2.75. The van der Waals surface area contributed by atoms with E-state index in [1.807, 2.05) is 37.3 Å². The van der Waals surface area contributed by atoms with Crippen LogP contribution in [0.5, 0.6) is 11.5 Å². The van der Waals surface area contributed by atoms with Gasteiger partial charge in [0, 0.05) is 18.3 Å². The molecule has 0 fully saturated rings. The van der Waals surface area contributed by atoms with Crippen LogP contribution >= 0.6 is 11.6 Å². The molecule has 0 spiro atoms. The minimum absolute atomic E-state index is 0.301. The third kappa shape index (κ3) is 5.50. The number of halogens is 1. The Balaban J connectivity index is 1.98. The highest BCUT2D eigenvalue weighted by Gasteiger charge is 2.15. The van der Waals surface area contributed by atoms with E-state index in [0.717, 1.165) is 5.69 Å². The van der Waals surface area contributed by atoms with E-state index in [0.29, 0.717) is 28.6 Å². The molecule has 0 aromatic heterocycles. The first-order valence-corrected chi connectivity index (χ1v) is 8.99. The lowest BCUT2D eigenvalue weighted by molar-refractivity contribution is -0.142. The van der Waals surface area contributed by atoms with Crippen LogP contribution in [0.3, 0.4) is 0 Å². The first kappa shape index (κ1) is 21.3. The first-order chi connectivity index (χ1) is 13.5. The number of methoxy groups -OCH3 is 2. The van der Waals surface area contributed by atoms with Crippen molar-refractivity contribution in [2.75, 3.05) is 32.3 Å². The maximum absolute atomic E-state index is 12.3. The van der Waals surface area contributed by atoms with Gasteiger partial charge in [-0.3, -0.25) is 4.79 Å². The molecule has 0 unspecified atom stereocenters. The summed E-state index contributed by atoms with van der Waals surface area (Å²) in [5.74, 6) is -0.0808. The summed E-state index contributed by atoms with van der Waals surface area (Å²) in [6.45, 7) is 1.98. The minimum atomic E-state index is -0.636. The summed E-state index contributed by atoms with van der Waals surface area (Å²) in [4.78, 5) is 25.8. The third-order valence-electron chi connectivity index (χ3n) is 3.89. The SMILES string of the molecule is CCN(C(=O)COC(=O)/C=C/c1cc(Cl)c(OC)c(OC)c1)c1ccccc1. The average Bonchev–Trinajstić information content (AvgIpc) is 2.71. The molecule has 0 bridgehead atoms.